The van der Waals surface area contributed by atoms with Gasteiger partial charge in [-0.2, -0.15) is 0 Å². The van der Waals surface area contributed by atoms with Gasteiger partial charge in [-0.25, -0.2) is 4.79 Å². The number of nitrogens with one attached hydrogen (secondary N) is 1. The number of quaternary nitrogens is 1. The molecule has 0 saturated carbocycles. The van der Waals surface area contributed by atoms with Crippen molar-refractivity contribution in [2.45, 2.75) is 44.9 Å². The van der Waals surface area contributed by atoms with Crippen LogP contribution in [0, 0.1) is 0 Å². The van der Waals surface area contributed by atoms with Crippen LogP contribution in [0.25, 0.3) is 0 Å². The number of halogens is 2. The fraction of sp³-hybridized carbons (Fsp3) is 0.333. The largest absolute Gasteiger partial charge is 0.494 e. The van der Waals surface area contributed by atoms with Crippen LogP contribution in [0.5, 0.6) is 11.5 Å². The van der Waals surface area contributed by atoms with Gasteiger partial charge in [0.15, 0.2) is 0 Å². The van der Waals surface area contributed by atoms with Gasteiger partial charge >= 0.3 is 5.97 Å². The van der Waals surface area contributed by atoms with Crippen molar-refractivity contribution in [1.82, 2.24) is 5.32 Å². The summed E-state index contributed by atoms with van der Waals surface area (Å²) in [4.78, 5) is 24.4. The molecule has 0 radical (unpaired) electrons. The van der Waals surface area contributed by atoms with Gasteiger partial charge in [0.05, 0.1) is 35.7 Å². The molecule has 1 amide bonds. The van der Waals surface area contributed by atoms with Crippen LogP contribution in [0.2, 0.25) is 10.0 Å². The third-order valence-electron chi connectivity index (χ3n) is 6.05. The summed E-state index contributed by atoms with van der Waals surface area (Å²) in [5.74, 6) is 0.636. The fourth-order valence-corrected chi connectivity index (χ4v) is 4.23. The van der Waals surface area contributed by atoms with Crippen LogP contribution < -0.4 is 20.1 Å². The molecule has 0 aliphatic heterocycles. The third-order valence-corrected chi connectivity index (χ3v) is 6.86. The highest BCUT2D eigenvalue weighted by Crippen LogP contribution is 2.27. The minimum Gasteiger partial charge on any atom is -0.494 e. The molecule has 0 atom stereocenters. The number of nitrogens with two attached hydrogens (primary N) is 1. The predicted molar refractivity (Wildman–Crippen MR) is 152 cm³/mol. The van der Waals surface area contributed by atoms with E-state index in [1.807, 2.05) is 36.6 Å². The second-order valence-corrected chi connectivity index (χ2v) is 9.77. The van der Waals surface area contributed by atoms with Crippen molar-refractivity contribution in [3.8, 4) is 11.5 Å². The van der Waals surface area contributed by atoms with Crippen molar-refractivity contribution >= 4 is 40.8 Å². The Hall–Kier alpha value is -3.06. The molecule has 0 spiro atoms. The highest BCUT2D eigenvalue weighted by atomic mass is 35.5. The Kier molecular flexibility index (Phi) is 12.4. The Morgan fingerprint density at radius 3 is 2.18 bits per heavy atom. The van der Waals surface area contributed by atoms with Gasteiger partial charge in [-0.1, -0.05) is 67.1 Å². The van der Waals surface area contributed by atoms with Crippen molar-refractivity contribution in [3.63, 3.8) is 0 Å². The van der Waals surface area contributed by atoms with Crippen LogP contribution in [0.3, 0.4) is 0 Å². The normalized spacial score (nSPS) is 10.7. The average Bonchev–Trinajstić information content (AvgIpc) is 2.92. The lowest BCUT2D eigenvalue weighted by Crippen LogP contribution is -2.72. The molecule has 0 heterocycles. The van der Waals surface area contributed by atoms with Crippen molar-refractivity contribution < 1.29 is 24.4 Å². The number of benzene rings is 3. The molecule has 0 aliphatic rings. The summed E-state index contributed by atoms with van der Waals surface area (Å²) in [7, 11) is 2.00. The zero-order valence-electron chi connectivity index (χ0n) is 21.7. The zero-order valence-corrected chi connectivity index (χ0v) is 23.2. The number of carbonyl (C=O) groups excluding carboxylic acids is 2. The molecule has 0 aliphatic carbocycles. The summed E-state index contributed by atoms with van der Waals surface area (Å²) in [6.45, 7) is 1.35. The molecular weight excluding hydrogens is 523 g/mol. The average molecular weight is 559 g/mol. The second kappa shape index (κ2) is 16.0. The second-order valence-electron chi connectivity index (χ2n) is 8.99. The van der Waals surface area contributed by atoms with E-state index >= 15 is 0 Å². The number of amides is 1. The number of unbranched alkanes of at least 4 members (excludes halogenated alkanes) is 5. The van der Waals surface area contributed by atoms with E-state index in [4.69, 9.17) is 32.7 Å². The molecule has 6 nitrogen and oxygen atoms in total. The summed E-state index contributed by atoms with van der Waals surface area (Å²) in [5.41, 5.74) is 2.42. The van der Waals surface area contributed by atoms with Gasteiger partial charge < -0.3 is 20.1 Å². The van der Waals surface area contributed by atoms with Gasteiger partial charge in [0.2, 0.25) is 5.91 Å². The highest BCUT2D eigenvalue weighted by Gasteiger charge is 2.15. The van der Waals surface area contributed by atoms with E-state index in [0.29, 0.717) is 23.8 Å². The minimum absolute atomic E-state index is 0.0760. The molecular formula is C30H35Cl2N2O4+. The molecule has 0 saturated heterocycles. The van der Waals surface area contributed by atoms with Crippen molar-refractivity contribution in [1.29, 1.82) is 0 Å². The summed E-state index contributed by atoms with van der Waals surface area (Å²) in [5, 5.41) is 5.53. The molecule has 3 aromatic rings. The molecule has 0 fully saturated rings. The Labute approximate surface area is 234 Å². The Balaban J connectivity index is 1.20. The highest BCUT2D eigenvalue weighted by molar-refractivity contribution is 6.43. The first-order chi connectivity index (χ1) is 18.5. The Morgan fingerprint density at radius 2 is 1.47 bits per heavy atom. The third kappa shape index (κ3) is 10.0. The maximum Gasteiger partial charge on any atom is 0.345 e. The van der Waals surface area contributed by atoms with Crippen LogP contribution in [0.4, 0.5) is 5.69 Å². The first-order valence-electron chi connectivity index (χ1n) is 13.0. The molecule has 0 aromatic heterocycles. The smallest absolute Gasteiger partial charge is 0.345 e. The van der Waals surface area contributed by atoms with E-state index in [1.165, 1.54) is 0 Å². The maximum atomic E-state index is 12.3. The van der Waals surface area contributed by atoms with E-state index in [1.54, 1.807) is 42.5 Å². The standard InChI is InChI=1S/C30H34Cl2N2O4/c1-33-23-13-11-22(12-14-23)21-28(35)34-19-6-4-2-3-5-7-20-37-24-15-17-25(18-16-24)38-30(36)26-9-8-10-27(31)29(26)32/h8-18,33H,2-7,19-21H2,1H3,(H,34,35)/p+1. The topological polar surface area (TPSA) is 81.2 Å². The number of carbonyl (C=O) groups is 2. The Bertz CT molecular complexity index is 1170. The van der Waals surface area contributed by atoms with E-state index in [9.17, 15) is 9.59 Å². The lowest BCUT2D eigenvalue weighted by molar-refractivity contribution is -0.539. The first-order valence-corrected chi connectivity index (χ1v) is 13.8. The number of rotatable bonds is 15. The number of esters is 1. The summed E-state index contributed by atoms with van der Waals surface area (Å²) in [6, 6.07) is 19.8. The van der Waals surface area contributed by atoms with Gasteiger partial charge in [-0.15, -0.1) is 0 Å². The van der Waals surface area contributed by atoms with E-state index in [2.05, 4.69) is 5.32 Å². The van der Waals surface area contributed by atoms with Crippen molar-refractivity contribution in [3.05, 3.63) is 87.9 Å². The molecule has 202 valence electrons. The van der Waals surface area contributed by atoms with Gasteiger partial charge in [-0.3, -0.25) is 4.79 Å². The van der Waals surface area contributed by atoms with Crippen molar-refractivity contribution in [2.75, 3.05) is 20.2 Å². The van der Waals surface area contributed by atoms with Crippen LogP contribution >= 0.6 is 23.2 Å². The van der Waals surface area contributed by atoms with Crippen LogP contribution in [-0.2, 0) is 11.2 Å². The molecule has 3 rings (SSSR count). The molecule has 3 N–H and O–H groups in total. The van der Waals surface area contributed by atoms with Gasteiger partial charge in [0.1, 0.15) is 17.2 Å². The lowest BCUT2D eigenvalue weighted by atomic mass is 10.1. The van der Waals surface area contributed by atoms with Crippen LogP contribution in [0.15, 0.2) is 66.7 Å². The number of hydrogen-bond donors (Lipinski definition) is 2. The van der Waals surface area contributed by atoms with Crippen LogP contribution in [-0.4, -0.2) is 32.1 Å². The number of hydrogen-bond acceptors (Lipinski definition) is 4. The SMILES string of the molecule is C[NH2+]c1ccc(CC(=O)NCCCCCCCCOc2ccc(OC(=O)c3cccc(Cl)c3Cl)cc2)cc1. The van der Waals surface area contributed by atoms with E-state index in [0.717, 1.165) is 62.1 Å². The van der Waals surface area contributed by atoms with Gasteiger partial charge in [-0.05, 0) is 66.9 Å². The zero-order chi connectivity index (χ0) is 27.2. The predicted octanol–water partition coefficient (Wildman–Crippen LogP) is 6.12. The van der Waals surface area contributed by atoms with Gasteiger partial charge in [0.25, 0.3) is 0 Å². The molecule has 0 unspecified atom stereocenters. The molecule has 0 bridgehead atoms. The summed E-state index contributed by atoms with van der Waals surface area (Å²) >= 11 is 12.0. The van der Waals surface area contributed by atoms with E-state index < -0.39 is 5.97 Å². The quantitative estimate of drug-likeness (QED) is 0.102. The first kappa shape index (κ1) is 29.5. The molecule has 38 heavy (non-hydrogen) atoms. The van der Waals surface area contributed by atoms with Crippen molar-refractivity contribution in [2.24, 2.45) is 0 Å². The van der Waals surface area contributed by atoms with E-state index in [-0.39, 0.29) is 16.5 Å². The summed E-state index contributed by atoms with van der Waals surface area (Å²) < 4.78 is 11.2. The number of ether oxygens (including phenoxy) is 2. The monoisotopic (exact) mass is 557 g/mol. The summed E-state index contributed by atoms with van der Waals surface area (Å²) in [6.07, 6.45) is 6.86. The molecule has 3 aromatic carbocycles. The molecule has 8 heteroatoms. The minimum atomic E-state index is -0.565. The van der Waals surface area contributed by atoms with Crippen LogP contribution in [0.1, 0.15) is 54.4 Å². The maximum absolute atomic E-state index is 12.3. The van der Waals surface area contributed by atoms with Gasteiger partial charge in [0, 0.05) is 6.54 Å². The lowest BCUT2D eigenvalue weighted by Gasteiger charge is -2.09. The Morgan fingerprint density at radius 1 is 0.816 bits per heavy atom. The fourth-order valence-electron chi connectivity index (χ4n) is 3.86.